The maximum Gasteiger partial charge on any atom is 0.319 e. The van der Waals surface area contributed by atoms with E-state index in [0.717, 1.165) is 18.5 Å². The first-order valence-electron chi connectivity index (χ1n) is 7.50. The molecule has 0 saturated heterocycles. The molecule has 1 aromatic carbocycles. The molecule has 2 rings (SSSR count). The largest absolute Gasteiger partial charge is 0.407 e. The summed E-state index contributed by atoms with van der Waals surface area (Å²) >= 11 is 5.82. The molecule has 0 spiro atoms. The van der Waals surface area contributed by atoms with Crippen LogP contribution in [0.3, 0.4) is 0 Å². The second-order valence-electron chi connectivity index (χ2n) is 6.02. The summed E-state index contributed by atoms with van der Waals surface area (Å²) in [5.41, 5.74) is 0.633. The number of halogens is 2. The van der Waals surface area contributed by atoms with Crippen molar-refractivity contribution in [2.24, 2.45) is 5.41 Å². The number of alkyl halides is 1. The number of aromatic nitrogens is 2. The number of ether oxygens (including phenoxy) is 1. The van der Waals surface area contributed by atoms with Gasteiger partial charge in [0.1, 0.15) is 5.82 Å². The van der Waals surface area contributed by atoms with Crippen molar-refractivity contribution < 1.29 is 13.9 Å². The van der Waals surface area contributed by atoms with Gasteiger partial charge in [-0.1, -0.05) is 13.3 Å². The Morgan fingerprint density at radius 1 is 1.35 bits per heavy atom. The summed E-state index contributed by atoms with van der Waals surface area (Å²) in [6.07, 6.45) is 1.68. The molecule has 1 aromatic heterocycles. The smallest absolute Gasteiger partial charge is 0.319 e. The van der Waals surface area contributed by atoms with Crippen LogP contribution in [-0.2, 0) is 11.2 Å². The summed E-state index contributed by atoms with van der Waals surface area (Å²) in [4.78, 5) is 12.3. The number of esters is 1. The van der Waals surface area contributed by atoms with Crippen molar-refractivity contribution in [3.8, 4) is 11.6 Å². The summed E-state index contributed by atoms with van der Waals surface area (Å²) in [6.45, 7) is 5.47. The van der Waals surface area contributed by atoms with E-state index in [4.69, 9.17) is 16.3 Å². The van der Waals surface area contributed by atoms with Crippen LogP contribution in [0.5, 0.6) is 5.88 Å². The lowest BCUT2D eigenvalue weighted by molar-refractivity contribution is -0.143. The van der Waals surface area contributed by atoms with Gasteiger partial charge in [-0.3, -0.25) is 4.79 Å². The molecular weight excluding hydrogens is 319 g/mol. The number of nitrogens with zero attached hydrogens (tertiary/aromatic N) is 2. The highest BCUT2D eigenvalue weighted by molar-refractivity contribution is 6.19. The van der Waals surface area contributed by atoms with Crippen LogP contribution in [0.4, 0.5) is 4.39 Å². The lowest BCUT2D eigenvalue weighted by Gasteiger charge is -2.19. The first-order valence-corrected chi connectivity index (χ1v) is 8.04. The molecular formula is C17H20ClFN2O2. The summed E-state index contributed by atoms with van der Waals surface area (Å²) in [5, 5.41) is 4.44. The molecule has 0 N–H and O–H groups in total. The molecule has 0 aliphatic rings. The summed E-state index contributed by atoms with van der Waals surface area (Å²) in [6, 6.07) is 7.58. The fourth-order valence-corrected chi connectivity index (χ4v) is 2.03. The molecule has 0 bridgehead atoms. The van der Waals surface area contributed by atoms with Crippen LogP contribution < -0.4 is 4.74 Å². The van der Waals surface area contributed by atoms with Crippen LogP contribution in [0.1, 0.15) is 32.9 Å². The molecule has 0 radical (unpaired) electrons. The monoisotopic (exact) mass is 338 g/mol. The van der Waals surface area contributed by atoms with Crippen molar-refractivity contribution in [3.63, 3.8) is 0 Å². The third-order valence-electron chi connectivity index (χ3n) is 3.39. The minimum atomic E-state index is -0.801. The molecule has 1 heterocycles. The summed E-state index contributed by atoms with van der Waals surface area (Å²) in [7, 11) is 0. The van der Waals surface area contributed by atoms with Gasteiger partial charge in [0.25, 0.3) is 0 Å². The number of hydrogen-bond donors (Lipinski definition) is 0. The fraction of sp³-hybridized carbons (Fsp3) is 0.412. The first-order chi connectivity index (χ1) is 10.9. The molecule has 23 heavy (non-hydrogen) atoms. The SMILES string of the molecule is CCCc1cc(OC(=O)C(C)(C)CCl)n(-c2ccc(F)cc2)n1. The molecule has 0 fully saturated rings. The van der Waals surface area contributed by atoms with Gasteiger partial charge in [0.15, 0.2) is 0 Å². The van der Waals surface area contributed by atoms with Gasteiger partial charge in [-0.15, -0.1) is 11.6 Å². The Kier molecular flexibility index (Phi) is 5.42. The second-order valence-corrected chi connectivity index (χ2v) is 6.29. The normalized spacial score (nSPS) is 11.5. The van der Waals surface area contributed by atoms with E-state index in [1.165, 1.54) is 16.8 Å². The lowest BCUT2D eigenvalue weighted by atomic mass is 9.97. The van der Waals surface area contributed by atoms with E-state index in [9.17, 15) is 9.18 Å². The van der Waals surface area contributed by atoms with Gasteiger partial charge < -0.3 is 4.74 Å². The quantitative estimate of drug-likeness (QED) is 0.587. The topological polar surface area (TPSA) is 44.1 Å². The van der Waals surface area contributed by atoms with Gasteiger partial charge in [-0.05, 0) is 44.5 Å². The zero-order valence-corrected chi connectivity index (χ0v) is 14.2. The minimum absolute atomic E-state index is 0.151. The Morgan fingerprint density at radius 2 is 2.00 bits per heavy atom. The fourth-order valence-electron chi connectivity index (χ4n) is 1.92. The van der Waals surface area contributed by atoms with Crippen LogP contribution in [0.15, 0.2) is 30.3 Å². The molecule has 0 saturated carbocycles. The Bertz CT molecular complexity index is 680. The van der Waals surface area contributed by atoms with E-state index in [0.29, 0.717) is 11.6 Å². The van der Waals surface area contributed by atoms with Crippen molar-refractivity contribution in [3.05, 3.63) is 41.8 Å². The first kappa shape index (κ1) is 17.5. The van der Waals surface area contributed by atoms with Crippen LogP contribution in [0.25, 0.3) is 5.69 Å². The van der Waals surface area contributed by atoms with Crippen molar-refractivity contribution in [1.29, 1.82) is 0 Å². The number of carbonyl (C=O) groups excluding carboxylic acids is 1. The molecule has 0 atom stereocenters. The van der Waals surface area contributed by atoms with Gasteiger partial charge in [-0.25, -0.2) is 9.07 Å². The highest BCUT2D eigenvalue weighted by Crippen LogP contribution is 2.25. The average molecular weight is 339 g/mol. The van der Waals surface area contributed by atoms with Crippen LogP contribution in [-0.4, -0.2) is 21.6 Å². The van der Waals surface area contributed by atoms with Crippen LogP contribution in [0, 0.1) is 11.2 Å². The van der Waals surface area contributed by atoms with Crippen molar-refractivity contribution in [2.45, 2.75) is 33.6 Å². The molecule has 0 aliphatic carbocycles. The maximum atomic E-state index is 13.1. The van der Waals surface area contributed by atoms with Crippen molar-refractivity contribution in [1.82, 2.24) is 9.78 Å². The third kappa shape index (κ3) is 4.10. The zero-order valence-electron chi connectivity index (χ0n) is 13.5. The van der Waals surface area contributed by atoms with Gasteiger partial charge >= 0.3 is 5.97 Å². The Hall–Kier alpha value is -1.88. The standard InChI is InChI=1S/C17H20ClFN2O2/c1-4-5-13-10-15(23-16(22)17(2,3)11-18)21(20-13)14-8-6-12(19)7-9-14/h6-10H,4-5,11H2,1-3H3. The molecule has 0 amide bonds. The van der Waals surface area contributed by atoms with Crippen LogP contribution in [0.2, 0.25) is 0 Å². The summed E-state index contributed by atoms with van der Waals surface area (Å²) < 4.78 is 20.1. The molecule has 2 aromatic rings. The Labute approximate surface area is 140 Å². The van der Waals surface area contributed by atoms with Crippen LogP contribution >= 0.6 is 11.6 Å². The van der Waals surface area contributed by atoms with Crippen molar-refractivity contribution in [2.75, 3.05) is 5.88 Å². The number of carbonyl (C=O) groups is 1. The van der Waals surface area contributed by atoms with Gasteiger partial charge in [0.2, 0.25) is 5.88 Å². The van der Waals surface area contributed by atoms with E-state index in [-0.39, 0.29) is 11.7 Å². The molecule has 4 nitrogen and oxygen atoms in total. The molecule has 0 unspecified atom stereocenters. The number of hydrogen-bond acceptors (Lipinski definition) is 3. The number of rotatable bonds is 6. The van der Waals surface area contributed by atoms with Crippen molar-refractivity contribution >= 4 is 17.6 Å². The van der Waals surface area contributed by atoms with Gasteiger partial charge in [0.05, 0.1) is 16.8 Å². The minimum Gasteiger partial charge on any atom is -0.407 e. The Balaban J connectivity index is 2.37. The molecule has 124 valence electrons. The third-order valence-corrected chi connectivity index (χ3v) is 4.06. The number of aryl methyl sites for hydroxylation is 1. The second kappa shape index (κ2) is 7.13. The highest BCUT2D eigenvalue weighted by Gasteiger charge is 2.30. The molecule has 0 aliphatic heterocycles. The Morgan fingerprint density at radius 3 is 2.57 bits per heavy atom. The van der Waals surface area contributed by atoms with E-state index in [1.807, 2.05) is 6.92 Å². The van der Waals surface area contributed by atoms with Gasteiger partial charge in [0, 0.05) is 11.9 Å². The van der Waals surface area contributed by atoms with E-state index in [2.05, 4.69) is 5.10 Å². The molecule has 6 heteroatoms. The summed E-state index contributed by atoms with van der Waals surface area (Å²) in [5.74, 6) is -0.309. The van der Waals surface area contributed by atoms with E-state index < -0.39 is 11.4 Å². The lowest BCUT2D eigenvalue weighted by Crippen LogP contribution is -2.31. The predicted octanol–water partition coefficient (Wildman–Crippen LogP) is 4.13. The maximum absolute atomic E-state index is 13.1. The highest BCUT2D eigenvalue weighted by atomic mass is 35.5. The predicted molar refractivity (Wildman–Crippen MR) is 87.7 cm³/mol. The zero-order chi connectivity index (χ0) is 17.0. The average Bonchev–Trinajstić information content (AvgIpc) is 2.91. The van der Waals surface area contributed by atoms with E-state index in [1.54, 1.807) is 32.0 Å². The number of benzene rings is 1. The van der Waals surface area contributed by atoms with Gasteiger partial charge in [-0.2, -0.15) is 5.10 Å². The van der Waals surface area contributed by atoms with E-state index >= 15 is 0 Å².